The molecule has 0 radical (unpaired) electrons. The van der Waals surface area contributed by atoms with Gasteiger partial charge in [-0.2, -0.15) is 8.42 Å². The highest BCUT2D eigenvalue weighted by Gasteiger charge is 2.13. The van der Waals surface area contributed by atoms with Gasteiger partial charge in [-0.05, 0) is 42.7 Å². The maximum absolute atomic E-state index is 11.8. The molecule has 0 aromatic heterocycles. The van der Waals surface area contributed by atoms with Crippen LogP contribution in [0, 0.1) is 0 Å². The van der Waals surface area contributed by atoms with E-state index in [9.17, 15) is 8.42 Å². The van der Waals surface area contributed by atoms with Crippen LogP contribution in [-0.2, 0) is 20.7 Å². The number of benzene rings is 2. The summed E-state index contributed by atoms with van der Waals surface area (Å²) >= 11 is 5.80. The van der Waals surface area contributed by atoms with Gasteiger partial charge in [-0.15, -0.1) is 0 Å². The summed E-state index contributed by atoms with van der Waals surface area (Å²) in [5.41, 5.74) is 1.11. The molecule has 0 atom stereocenters. The minimum atomic E-state index is -3.64. The first-order valence-electron chi connectivity index (χ1n) is 6.27. The van der Waals surface area contributed by atoms with Crippen LogP contribution >= 0.6 is 11.6 Å². The molecule has 0 heterocycles. The summed E-state index contributed by atoms with van der Waals surface area (Å²) in [5.74, 6) is 0. The summed E-state index contributed by atoms with van der Waals surface area (Å²) in [6.07, 6.45) is 1.38. The molecule has 0 aliphatic heterocycles. The van der Waals surface area contributed by atoms with Crippen molar-refractivity contribution >= 4 is 21.7 Å². The van der Waals surface area contributed by atoms with E-state index in [4.69, 9.17) is 15.8 Å². The number of halogens is 1. The smallest absolute Gasteiger partial charge is 0.266 e. The van der Waals surface area contributed by atoms with Crippen LogP contribution in [-0.4, -0.2) is 15.0 Å². The molecule has 2 aromatic carbocycles. The maximum atomic E-state index is 11.8. The summed E-state index contributed by atoms with van der Waals surface area (Å²) in [6.45, 7) is 0.167. The van der Waals surface area contributed by atoms with Gasteiger partial charge in [0.25, 0.3) is 10.1 Å². The van der Waals surface area contributed by atoms with E-state index in [-0.39, 0.29) is 11.5 Å². The molecule has 5 heteroatoms. The number of aryl methyl sites for hydroxylation is 1. The van der Waals surface area contributed by atoms with E-state index >= 15 is 0 Å². The van der Waals surface area contributed by atoms with Crippen molar-refractivity contribution in [3.05, 3.63) is 65.2 Å². The molecule has 20 heavy (non-hydrogen) atoms. The molecule has 2 aromatic rings. The molecule has 2 rings (SSSR count). The van der Waals surface area contributed by atoms with E-state index in [0.29, 0.717) is 11.4 Å². The zero-order valence-electron chi connectivity index (χ0n) is 10.8. The minimum absolute atomic E-state index is 0.167. The first kappa shape index (κ1) is 15.0. The lowest BCUT2D eigenvalue weighted by atomic mass is 10.1. The van der Waals surface area contributed by atoms with Crippen LogP contribution in [0.3, 0.4) is 0 Å². The van der Waals surface area contributed by atoms with E-state index in [2.05, 4.69) is 0 Å². The minimum Gasteiger partial charge on any atom is -0.266 e. The zero-order chi connectivity index (χ0) is 14.4. The SMILES string of the molecule is O=S(=O)(OCCCc1ccc(Cl)cc1)c1ccccc1. The van der Waals surface area contributed by atoms with E-state index in [1.807, 2.05) is 24.3 Å². The lowest BCUT2D eigenvalue weighted by molar-refractivity contribution is 0.312. The topological polar surface area (TPSA) is 43.4 Å². The Morgan fingerprint density at radius 3 is 2.25 bits per heavy atom. The fourth-order valence-corrected chi connectivity index (χ4v) is 2.84. The molecule has 0 amide bonds. The molecular weight excluding hydrogens is 296 g/mol. The van der Waals surface area contributed by atoms with Gasteiger partial charge < -0.3 is 0 Å². The van der Waals surface area contributed by atoms with Gasteiger partial charge >= 0.3 is 0 Å². The Bertz CT molecular complexity index is 637. The van der Waals surface area contributed by atoms with Crippen molar-refractivity contribution in [1.29, 1.82) is 0 Å². The standard InChI is InChI=1S/C15H15ClO3S/c16-14-10-8-13(9-11-14)5-4-12-19-20(17,18)15-6-2-1-3-7-15/h1-3,6-11H,4-5,12H2. The second-order valence-electron chi connectivity index (χ2n) is 4.32. The Hall–Kier alpha value is -1.36. The van der Waals surface area contributed by atoms with Gasteiger partial charge in [0.1, 0.15) is 0 Å². The molecule has 0 aliphatic carbocycles. The predicted octanol–water partition coefficient (Wildman–Crippen LogP) is 3.68. The van der Waals surface area contributed by atoms with Crippen LogP contribution in [0.2, 0.25) is 5.02 Å². The third-order valence-electron chi connectivity index (χ3n) is 2.79. The summed E-state index contributed by atoms with van der Waals surface area (Å²) in [5, 5.41) is 0.691. The maximum Gasteiger partial charge on any atom is 0.296 e. The molecule has 3 nitrogen and oxygen atoms in total. The molecule has 0 unspecified atom stereocenters. The van der Waals surface area contributed by atoms with Crippen LogP contribution in [0.1, 0.15) is 12.0 Å². The molecule has 0 bridgehead atoms. The van der Waals surface area contributed by atoms with Gasteiger partial charge in [0.15, 0.2) is 0 Å². The summed E-state index contributed by atoms with van der Waals surface area (Å²) in [6, 6.07) is 15.6. The van der Waals surface area contributed by atoms with Crippen molar-refractivity contribution in [3.8, 4) is 0 Å². The molecule has 0 fully saturated rings. The predicted molar refractivity (Wildman–Crippen MR) is 79.4 cm³/mol. The monoisotopic (exact) mass is 310 g/mol. The second kappa shape index (κ2) is 6.88. The lowest BCUT2D eigenvalue weighted by Crippen LogP contribution is -2.08. The molecule has 0 N–H and O–H groups in total. The molecule has 0 spiro atoms. The quantitative estimate of drug-likeness (QED) is 0.604. The number of hydrogen-bond donors (Lipinski definition) is 0. The highest BCUT2D eigenvalue weighted by molar-refractivity contribution is 7.86. The third-order valence-corrected chi connectivity index (χ3v) is 4.37. The average molecular weight is 311 g/mol. The van der Waals surface area contributed by atoms with Crippen molar-refractivity contribution in [1.82, 2.24) is 0 Å². The summed E-state index contributed by atoms with van der Waals surface area (Å²) in [4.78, 5) is 0.187. The van der Waals surface area contributed by atoms with Gasteiger partial charge in [0, 0.05) is 5.02 Å². The highest BCUT2D eigenvalue weighted by Crippen LogP contribution is 2.13. The Labute approximate surface area is 124 Å². The van der Waals surface area contributed by atoms with Crippen molar-refractivity contribution in [2.45, 2.75) is 17.7 Å². The van der Waals surface area contributed by atoms with Crippen LogP contribution in [0.15, 0.2) is 59.5 Å². The lowest BCUT2D eigenvalue weighted by Gasteiger charge is -2.05. The summed E-state index contributed by atoms with van der Waals surface area (Å²) in [7, 11) is -3.64. The normalized spacial score (nSPS) is 11.4. The zero-order valence-corrected chi connectivity index (χ0v) is 12.4. The number of hydrogen-bond acceptors (Lipinski definition) is 3. The van der Waals surface area contributed by atoms with E-state index in [1.165, 1.54) is 12.1 Å². The number of rotatable bonds is 6. The van der Waals surface area contributed by atoms with Crippen LogP contribution < -0.4 is 0 Å². The molecule has 0 saturated heterocycles. The van der Waals surface area contributed by atoms with Gasteiger partial charge in [-0.3, -0.25) is 4.18 Å². The van der Waals surface area contributed by atoms with Crippen LogP contribution in [0.4, 0.5) is 0 Å². The average Bonchev–Trinajstić information content (AvgIpc) is 2.46. The van der Waals surface area contributed by atoms with Crippen molar-refractivity contribution in [2.75, 3.05) is 6.61 Å². The Morgan fingerprint density at radius 1 is 0.950 bits per heavy atom. The summed E-state index contributed by atoms with van der Waals surface area (Å²) < 4.78 is 28.7. The van der Waals surface area contributed by atoms with Gasteiger partial charge in [-0.1, -0.05) is 41.9 Å². The Kier molecular flexibility index (Phi) is 5.17. The molecule has 0 aliphatic rings. The fraction of sp³-hybridized carbons (Fsp3) is 0.200. The van der Waals surface area contributed by atoms with Gasteiger partial charge in [-0.25, -0.2) is 0 Å². The third kappa shape index (κ3) is 4.34. The van der Waals surface area contributed by atoms with Gasteiger partial charge in [0.05, 0.1) is 11.5 Å². The first-order chi connectivity index (χ1) is 9.58. The first-order valence-corrected chi connectivity index (χ1v) is 8.05. The second-order valence-corrected chi connectivity index (χ2v) is 6.37. The van der Waals surface area contributed by atoms with Crippen molar-refractivity contribution in [3.63, 3.8) is 0 Å². The molecule has 0 saturated carbocycles. The van der Waals surface area contributed by atoms with Crippen LogP contribution in [0.25, 0.3) is 0 Å². The van der Waals surface area contributed by atoms with Gasteiger partial charge in [0.2, 0.25) is 0 Å². The molecular formula is C15H15ClO3S. The van der Waals surface area contributed by atoms with Crippen molar-refractivity contribution in [2.24, 2.45) is 0 Å². The highest BCUT2D eigenvalue weighted by atomic mass is 35.5. The Balaban J connectivity index is 1.83. The van der Waals surface area contributed by atoms with Crippen LogP contribution in [0.5, 0.6) is 0 Å². The van der Waals surface area contributed by atoms with E-state index in [0.717, 1.165) is 12.0 Å². The van der Waals surface area contributed by atoms with E-state index in [1.54, 1.807) is 18.2 Å². The fourth-order valence-electron chi connectivity index (χ4n) is 1.75. The van der Waals surface area contributed by atoms with Crippen molar-refractivity contribution < 1.29 is 12.6 Å². The van der Waals surface area contributed by atoms with E-state index < -0.39 is 10.1 Å². The molecule has 106 valence electrons. The Morgan fingerprint density at radius 2 is 1.60 bits per heavy atom. The largest absolute Gasteiger partial charge is 0.296 e.